The molecule has 336 valence electrons. The Kier molecular flexibility index (Phi) is 12.5. The van der Waals surface area contributed by atoms with E-state index in [1.807, 2.05) is 0 Å². The van der Waals surface area contributed by atoms with Gasteiger partial charge in [0.15, 0.2) is 11.7 Å². The van der Waals surface area contributed by atoms with Crippen molar-refractivity contribution in [2.45, 2.75) is 106 Å². The number of fused-ring (bicyclic) bond motifs is 3. The predicted molar refractivity (Wildman–Crippen MR) is 212 cm³/mol. The highest BCUT2D eigenvalue weighted by atomic mass is 16.7. The first-order chi connectivity index (χ1) is 29.2. The number of phenols is 2. The number of aliphatic hydroxyl groups is 7. The summed E-state index contributed by atoms with van der Waals surface area (Å²) in [5.74, 6) is -1.82. The second-order valence-electron chi connectivity index (χ2n) is 16.7. The molecule has 2 bridgehead atoms. The zero-order chi connectivity index (χ0) is 45.1. The van der Waals surface area contributed by atoms with E-state index >= 15 is 0 Å². The lowest BCUT2D eigenvalue weighted by Gasteiger charge is -2.47. The second kappa shape index (κ2) is 17.1. The summed E-state index contributed by atoms with van der Waals surface area (Å²) in [6, 6.07) is 8.13. The van der Waals surface area contributed by atoms with Gasteiger partial charge in [-0.2, -0.15) is 0 Å². The van der Waals surface area contributed by atoms with Crippen molar-refractivity contribution in [3.8, 4) is 28.6 Å². The molecule has 4 heterocycles. The number of rotatable bonds is 11. The highest BCUT2D eigenvalue weighted by molar-refractivity contribution is 5.88. The summed E-state index contributed by atoms with van der Waals surface area (Å²) >= 11 is 0. The molecule has 1 aromatic heterocycles. The van der Waals surface area contributed by atoms with Crippen LogP contribution in [0.3, 0.4) is 0 Å². The molecular formula is C43H50O19. The fourth-order valence-corrected chi connectivity index (χ4v) is 8.79. The molecule has 19 heteroatoms. The molecule has 9 N–H and O–H groups in total. The van der Waals surface area contributed by atoms with E-state index in [1.54, 1.807) is 20.8 Å². The minimum absolute atomic E-state index is 0.0177. The molecule has 19 nitrogen and oxygen atoms in total. The number of aromatic hydroxyl groups is 2. The molecule has 2 unspecified atom stereocenters. The molecule has 2 aromatic carbocycles. The molecule has 3 aliphatic heterocycles. The molecule has 0 radical (unpaired) electrons. The quantitative estimate of drug-likeness (QED) is 0.0704. The van der Waals surface area contributed by atoms with Crippen LogP contribution in [0.2, 0.25) is 0 Å². The number of allylic oxidation sites excluding steroid dienone is 2. The Morgan fingerprint density at radius 1 is 0.919 bits per heavy atom. The molecular weight excluding hydrogens is 820 g/mol. The number of ether oxygens (including phenoxy) is 6. The third kappa shape index (κ3) is 7.92. The van der Waals surface area contributed by atoms with Crippen molar-refractivity contribution in [2.24, 2.45) is 5.41 Å². The molecule has 7 rings (SSSR count). The molecule has 0 spiro atoms. The highest BCUT2D eigenvalue weighted by Crippen LogP contribution is 2.56. The third-order valence-electron chi connectivity index (χ3n) is 12.4. The number of aliphatic hydroxyl groups excluding tert-OH is 6. The standard InChI is InChI=1S/C43H50O19/c1-19(9-10-43(55)41(2)14-22(46)15-42(43,3)58-18-41)11-29(48)57-17-28-33(50)35(52)37(54)40(61-28)62-39-36(53)32(49)27(16-44)60-38(39)31-25(56-4)13-26-30(34(31)51)23(47)12-24(59-26)20-5-7-21(45)8-6-20/h5-13,27-28,32-33,35-40,44-45,49-55H,14-18H2,1-4H3/b10-9+,19-11-/t27-,28-,32-,33-,35+,36+,37-,38+,39-,40+,41?,42?,43+/m1/s1. The van der Waals surface area contributed by atoms with Gasteiger partial charge in [0.1, 0.15) is 113 Å². The van der Waals surface area contributed by atoms with E-state index < -0.39 is 108 Å². The van der Waals surface area contributed by atoms with Gasteiger partial charge >= 0.3 is 5.97 Å². The number of benzene rings is 2. The smallest absolute Gasteiger partial charge is 0.331 e. The summed E-state index contributed by atoms with van der Waals surface area (Å²) in [5, 5.41) is 97.7. The summed E-state index contributed by atoms with van der Waals surface area (Å²) < 4.78 is 40.3. The van der Waals surface area contributed by atoms with Gasteiger partial charge in [-0.3, -0.25) is 9.59 Å². The number of carbonyl (C=O) groups excluding carboxylic acids is 2. The lowest BCUT2D eigenvalue weighted by atomic mass is 9.59. The van der Waals surface area contributed by atoms with Crippen molar-refractivity contribution < 1.29 is 88.4 Å². The summed E-state index contributed by atoms with van der Waals surface area (Å²) in [5.41, 5.74) is -3.98. The van der Waals surface area contributed by atoms with Crippen molar-refractivity contribution in [3.63, 3.8) is 0 Å². The highest BCUT2D eigenvalue weighted by Gasteiger charge is 2.67. The Bertz CT molecular complexity index is 2280. The van der Waals surface area contributed by atoms with Gasteiger partial charge in [0.25, 0.3) is 0 Å². The molecule has 3 saturated heterocycles. The van der Waals surface area contributed by atoms with Crippen LogP contribution in [-0.4, -0.2) is 151 Å². The Labute approximate surface area is 353 Å². The SMILES string of the molecule is COc1cc2oc(-c3ccc(O)cc3)cc(=O)c2c(O)c1[C@@H]1O[C@H](CO)[C@@H](O)[C@H](O)[C@H]1O[C@@H]1O[C@H](COC(=O)/C=C(C)\C=C\[C@]2(O)C3(C)COC2(C)CC(=O)C3)[C@@H](O)[C@H](O)[C@H]1O. The summed E-state index contributed by atoms with van der Waals surface area (Å²) in [6.07, 6.45) is -13.9. The normalized spacial score (nSPS) is 36.3. The van der Waals surface area contributed by atoms with Gasteiger partial charge < -0.3 is 78.8 Å². The minimum atomic E-state index is -2.02. The largest absolute Gasteiger partial charge is 0.508 e. The van der Waals surface area contributed by atoms with Crippen LogP contribution in [0, 0.1) is 5.41 Å². The van der Waals surface area contributed by atoms with Gasteiger partial charge in [0.05, 0.1) is 25.9 Å². The first-order valence-electron chi connectivity index (χ1n) is 19.8. The average Bonchev–Trinajstić information content (AvgIpc) is 3.31. The fourth-order valence-electron chi connectivity index (χ4n) is 8.79. The molecule has 1 saturated carbocycles. The molecule has 3 aromatic rings. The summed E-state index contributed by atoms with van der Waals surface area (Å²) in [4.78, 5) is 38.8. The van der Waals surface area contributed by atoms with Crippen LogP contribution >= 0.6 is 0 Å². The second-order valence-corrected chi connectivity index (χ2v) is 16.7. The number of hydrogen-bond acceptors (Lipinski definition) is 19. The van der Waals surface area contributed by atoms with Crippen molar-refractivity contribution in [1.29, 1.82) is 0 Å². The van der Waals surface area contributed by atoms with Crippen LogP contribution in [-0.2, 0) is 33.3 Å². The zero-order valence-corrected chi connectivity index (χ0v) is 34.1. The Morgan fingerprint density at radius 2 is 1.61 bits per heavy atom. The number of esters is 1. The lowest BCUT2D eigenvalue weighted by molar-refractivity contribution is -0.342. The maximum atomic E-state index is 13.5. The van der Waals surface area contributed by atoms with Gasteiger partial charge in [-0.1, -0.05) is 13.0 Å². The van der Waals surface area contributed by atoms with Gasteiger partial charge in [-0.15, -0.1) is 0 Å². The van der Waals surface area contributed by atoms with Crippen LogP contribution in [0.1, 0.15) is 45.3 Å². The number of methoxy groups -OCH3 is 1. The summed E-state index contributed by atoms with van der Waals surface area (Å²) in [7, 11) is 1.21. The number of ketones is 1. The van der Waals surface area contributed by atoms with Crippen LogP contribution in [0.15, 0.2) is 69.4 Å². The number of Topliss-reactive ketones (excluding diaryl/α,β-unsaturated/α-hetero) is 1. The Balaban J connectivity index is 1.12. The van der Waals surface area contributed by atoms with Gasteiger partial charge in [0, 0.05) is 42.0 Å². The van der Waals surface area contributed by atoms with E-state index in [1.165, 1.54) is 49.6 Å². The Hall–Kier alpha value is -4.77. The lowest BCUT2D eigenvalue weighted by Crippen LogP contribution is -2.63. The maximum Gasteiger partial charge on any atom is 0.331 e. The van der Waals surface area contributed by atoms with E-state index in [4.69, 9.17) is 32.8 Å². The van der Waals surface area contributed by atoms with Gasteiger partial charge in [0.2, 0.25) is 0 Å². The zero-order valence-electron chi connectivity index (χ0n) is 34.1. The fraction of sp³-hybridized carbons (Fsp3) is 0.512. The molecule has 13 atom stereocenters. The maximum absolute atomic E-state index is 13.5. The van der Waals surface area contributed by atoms with E-state index in [-0.39, 0.29) is 59.0 Å². The van der Waals surface area contributed by atoms with Gasteiger partial charge in [-0.05, 0) is 49.8 Å². The van der Waals surface area contributed by atoms with Crippen molar-refractivity contribution in [3.05, 3.63) is 76.0 Å². The van der Waals surface area contributed by atoms with Crippen LogP contribution in [0.25, 0.3) is 22.3 Å². The molecule has 62 heavy (non-hydrogen) atoms. The Morgan fingerprint density at radius 3 is 2.27 bits per heavy atom. The first-order valence-corrected chi connectivity index (χ1v) is 19.8. The number of carbonyl (C=O) groups is 2. The molecule has 0 amide bonds. The minimum Gasteiger partial charge on any atom is -0.508 e. The van der Waals surface area contributed by atoms with Crippen molar-refractivity contribution >= 4 is 22.7 Å². The predicted octanol–water partition coefficient (Wildman–Crippen LogP) is 0.161. The van der Waals surface area contributed by atoms with Crippen molar-refractivity contribution in [2.75, 3.05) is 26.9 Å². The van der Waals surface area contributed by atoms with E-state index in [0.29, 0.717) is 11.1 Å². The van der Waals surface area contributed by atoms with E-state index in [0.717, 1.165) is 12.1 Å². The van der Waals surface area contributed by atoms with Gasteiger partial charge in [-0.25, -0.2) is 4.79 Å². The van der Waals surface area contributed by atoms with Crippen LogP contribution in [0.5, 0.6) is 17.2 Å². The van der Waals surface area contributed by atoms with E-state index in [2.05, 4.69) is 0 Å². The van der Waals surface area contributed by atoms with Crippen LogP contribution in [0.4, 0.5) is 0 Å². The van der Waals surface area contributed by atoms with E-state index in [9.17, 15) is 60.3 Å². The van der Waals surface area contributed by atoms with Crippen LogP contribution < -0.4 is 10.2 Å². The molecule has 4 aliphatic rings. The third-order valence-corrected chi connectivity index (χ3v) is 12.4. The number of hydrogen-bond donors (Lipinski definition) is 9. The summed E-state index contributed by atoms with van der Waals surface area (Å²) in [6.45, 7) is 3.60. The van der Waals surface area contributed by atoms with Crippen molar-refractivity contribution in [1.82, 2.24) is 0 Å². The molecule has 4 fully saturated rings. The topological polar surface area (TPSA) is 302 Å². The number of phenolic OH excluding ortho intramolecular Hbond substituents is 2. The monoisotopic (exact) mass is 870 g/mol. The first kappa shape index (κ1) is 45.3. The molecule has 1 aliphatic carbocycles. The average molecular weight is 871 g/mol.